The van der Waals surface area contributed by atoms with Crippen molar-refractivity contribution in [3.05, 3.63) is 35.3 Å². The van der Waals surface area contributed by atoms with E-state index < -0.39 is 0 Å². The van der Waals surface area contributed by atoms with Crippen molar-refractivity contribution in [2.24, 2.45) is 0 Å². The lowest BCUT2D eigenvalue weighted by Crippen LogP contribution is -2.35. The Morgan fingerprint density at radius 3 is 2.85 bits per heavy atom. The zero-order chi connectivity index (χ0) is 23.2. The SMILES string of the molecule is C[C@@H]1CNc2c(sc3ccc4nc(-c5cn(C6CCN(CC=O)CC6)nn5)ccc4c23)C(=O)N1. The number of benzene rings is 1. The summed E-state index contributed by atoms with van der Waals surface area (Å²) in [5, 5.41) is 17.3. The van der Waals surface area contributed by atoms with E-state index in [4.69, 9.17) is 4.98 Å². The zero-order valence-electron chi connectivity index (χ0n) is 18.8. The lowest BCUT2D eigenvalue weighted by atomic mass is 10.1. The Labute approximate surface area is 200 Å². The second-order valence-electron chi connectivity index (χ2n) is 9.05. The molecule has 34 heavy (non-hydrogen) atoms. The number of nitrogens with one attached hydrogen (secondary N) is 2. The molecule has 2 aliphatic heterocycles. The number of nitrogens with zero attached hydrogens (tertiary/aromatic N) is 5. The number of likely N-dealkylation sites (tertiary alicyclic amines) is 1. The normalized spacial score (nSPS) is 19.6. The van der Waals surface area contributed by atoms with Crippen molar-refractivity contribution < 1.29 is 9.59 Å². The third-order valence-electron chi connectivity index (χ3n) is 6.73. The second kappa shape index (κ2) is 8.44. The molecule has 0 spiro atoms. The number of carbonyl (C=O) groups is 2. The number of amides is 1. The molecule has 1 atom stereocenters. The van der Waals surface area contributed by atoms with Crippen LogP contribution in [0.15, 0.2) is 30.5 Å². The summed E-state index contributed by atoms with van der Waals surface area (Å²) in [6.07, 6.45) is 4.83. The molecule has 2 aliphatic rings. The molecular formula is C24H25N7O2S. The van der Waals surface area contributed by atoms with Crippen LogP contribution in [-0.2, 0) is 4.79 Å². The molecule has 1 amide bonds. The molecule has 1 aromatic carbocycles. The highest BCUT2D eigenvalue weighted by molar-refractivity contribution is 7.21. The summed E-state index contributed by atoms with van der Waals surface area (Å²) in [6, 6.07) is 8.44. The highest BCUT2D eigenvalue weighted by atomic mass is 32.1. The molecule has 1 saturated heterocycles. The summed E-state index contributed by atoms with van der Waals surface area (Å²) >= 11 is 1.51. The van der Waals surface area contributed by atoms with Crippen molar-refractivity contribution in [1.29, 1.82) is 0 Å². The first-order valence-electron chi connectivity index (χ1n) is 11.6. The zero-order valence-corrected chi connectivity index (χ0v) is 19.6. The number of hydrogen-bond acceptors (Lipinski definition) is 8. The number of aldehydes is 1. The van der Waals surface area contributed by atoms with E-state index in [2.05, 4.69) is 31.9 Å². The van der Waals surface area contributed by atoms with E-state index in [0.29, 0.717) is 13.1 Å². The molecule has 1 fully saturated rings. The van der Waals surface area contributed by atoms with Gasteiger partial charge < -0.3 is 15.4 Å². The van der Waals surface area contributed by atoms with Crippen molar-refractivity contribution in [2.45, 2.75) is 31.8 Å². The molecule has 0 radical (unpaired) electrons. The highest BCUT2D eigenvalue weighted by Gasteiger charge is 2.25. The van der Waals surface area contributed by atoms with Crippen LogP contribution in [0.1, 0.15) is 35.5 Å². The van der Waals surface area contributed by atoms with Crippen LogP contribution in [0.5, 0.6) is 0 Å². The van der Waals surface area contributed by atoms with Crippen LogP contribution >= 0.6 is 11.3 Å². The van der Waals surface area contributed by atoms with Gasteiger partial charge >= 0.3 is 0 Å². The average molecular weight is 476 g/mol. The first kappa shape index (κ1) is 21.2. The van der Waals surface area contributed by atoms with E-state index in [9.17, 15) is 9.59 Å². The van der Waals surface area contributed by atoms with Gasteiger partial charge in [0.05, 0.1) is 35.7 Å². The second-order valence-corrected chi connectivity index (χ2v) is 10.1. The fourth-order valence-electron chi connectivity index (χ4n) is 4.91. The summed E-state index contributed by atoms with van der Waals surface area (Å²) < 4.78 is 3.00. The largest absolute Gasteiger partial charge is 0.381 e. The number of aromatic nitrogens is 4. The Morgan fingerprint density at radius 2 is 2.03 bits per heavy atom. The number of fused-ring (bicyclic) bond motifs is 5. The maximum atomic E-state index is 12.7. The van der Waals surface area contributed by atoms with Gasteiger partial charge in [-0.2, -0.15) is 0 Å². The lowest BCUT2D eigenvalue weighted by Gasteiger charge is -2.30. The molecule has 9 nitrogen and oxygen atoms in total. The summed E-state index contributed by atoms with van der Waals surface area (Å²) in [4.78, 5) is 31.2. The Balaban J connectivity index is 1.32. The van der Waals surface area contributed by atoms with Gasteiger partial charge in [-0.15, -0.1) is 16.4 Å². The summed E-state index contributed by atoms with van der Waals surface area (Å²) in [7, 11) is 0. The van der Waals surface area contributed by atoms with Gasteiger partial charge in [-0.1, -0.05) is 5.21 Å². The molecule has 3 aromatic heterocycles. The molecule has 4 aromatic rings. The van der Waals surface area contributed by atoms with Crippen molar-refractivity contribution in [2.75, 3.05) is 31.5 Å². The van der Waals surface area contributed by atoms with Gasteiger partial charge in [0.1, 0.15) is 16.9 Å². The topological polar surface area (TPSA) is 105 Å². The van der Waals surface area contributed by atoms with Crippen LogP contribution in [0.25, 0.3) is 32.4 Å². The van der Waals surface area contributed by atoms with Gasteiger partial charge in [-0.3, -0.25) is 9.69 Å². The van der Waals surface area contributed by atoms with E-state index in [1.807, 2.05) is 36.0 Å². The Bertz CT molecular complexity index is 1400. The Hall–Kier alpha value is -3.37. The maximum absolute atomic E-state index is 12.7. The van der Waals surface area contributed by atoms with Crippen molar-refractivity contribution in [3.8, 4) is 11.4 Å². The van der Waals surface area contributed by atoms with E-state index in [1.165, 1.54) is 11.3 Å². The smallest absolute Gasteiger partial charge is 0.263 e. The van der Waals surface area contributed by atoms with Crippen LogP contribution in [0.4, 0.5) is 5.69 Å². The van der Waals surface area contributed by atoms with Gasteiger partial charge in [0, 0.05) is 41.1 Å². The average Bonchev–Trinajstić information content (AvgIpc) is 3.45. The lowest BCUT2D eigenvalue weighted by molar-refractivity contribution is -0.109. The molecule has 2 N–H and O–H groups in total. The molecule has 0 aliphatic carbocycles. The number of pyridine rings is 1. The van der Waals surface area contributed by atoms with Crippen molar-refractivity contribution in [3.63, 3.8) is 0 Å². The first-order chi connectivity index (χ1) is 16.6. The number of thiophene rings is 1. The van der Waals surface area contributed by atoms with Crippen molar-refractivity contribution >= 4 is 50.2 Å². The van der Waals surface area contributed by atoms with E-state index in [-0.39, 0.29) is 18.0 Å². The molecule has 0 unspecified atom stereocenters. The standard InChI is InChI=1S/C24H25N7O2S/c1-14-12-25-22-21-16-2-3-18(27-17(16)4-5-20(21)34-23(22)24(33)26-14)19-13-31(29-28-19)15-6-8-30(9-7-15)10-11-32/h2-5,11,13-15,25H,6-10,12H2,1H3,(H,26,33)/t14-/m1/s1. The number of rotatable bonds is 4. The number of carbonyl (C=O) groups excluding carboxylic acids is 2. The highest BCUT2D eigenvalue weighted by Crippen LogP contribution is 2.41. The van der Waals surface area contributed by atoms with Crippen LogP contribution in [0.2, 0.25) is 0 Å². The minimum atomic E-state index is -0.0277. The molecule has 0 bridgehead atoms. The monoisotopic (exact) mass is 475 g/mol. The number of piperidine rings is 1. The van der Waals surface area contributed by atoms with Crippen LogP contribution < -0.4 is 10.6 Å². The summed E-state index contributed by atoms with van der Waals surface area (Å²) in [5.41, 5.74) is 3.28. The quantitative estimate of drug-likeness (QED) is 0.437. The van der Waals surface area contributed by atoms with Gasteiger partial charge in [0.2, 0.25) is 0 Å². The molecule has 5 heterocycles. The molecular weight excluding hydrogens is 450 g/mol. The van der Waals surface area contributed by atoms with E-state index >= 15 is 0 Å². The van der Waals surface area contributed by atoms with E-state index in [0.717, 1.165) is 75.2 Å². The first-order valence-corrected chi connectivity index (χ1v) is 12.4. The Kier molecular flexibility index (Phi) is 5.26. The molecule has 0 saturated carbocycles. The van der Waals surface area contributed by atoms with Crippen LogP contribution in [0, 0.1) is 0 Å². The fraction of sp³-hybridized carbons (Fsp3) is 0.375. The van der Waals surface area contributed by atoms with Gasteiger partial charge in [0.15, 0.2) is 0 Å². The van der Waals surface area contributed by atoms with E-state index in [1.54, 1.807) is 0 Å². The number of anilines is 1. The predicted molar refractivity (Wildman–Crippen MR) is 132 cm³/mol. The van der Waals surface area contributed by atoms with Crippen LogP contribution in [0.3, 0.4) is 0 Å². The third kappa shape index (κ3) is 3.63. The fourth-order valence-corrected chi connectivity index (χ4v) is 6.01. The van der Waals surface area contributed by atoms with Crippen molar-refractivity contribution in [1.82, 2.24) is 30.2 Å². The minimum Gasteiger partial charge on any atom is -0.381 e. The summed E-state index contributed by atoms with van der Waals surface area (Å²) in [5.74, 6) is -0.0277. The van der Waals surface area contributed by atoms with Crippen LogP contribution in [-0.4, -0.2) is 69.3 Å². The third-order valence-corrected chi connectivity index (χ3v) is 7.88. The Morgan fingerprint density at radius 1 is 1.18 bits per heavy atom. The molecule has 174 valence electrons. The maximum Gasteiger partial charge on any atom is 0.263 e. The van der Waals surface area contributed by atoms with Gasteiger partial charge in [-0.05, 0) is 44.0 Å². The molecule has 6 rings (SSSR count). The number of hydrogen-bond donors (Lipinski definition) is 2. The van der Waals surface area contributed by atoms with Gasteiger partial charge in [0.25, 0.3) is 5.91 Å². The van der Waals surface area contributed by atoms with Gasteiger partial charge in [-0.25, -0.2) is 9.67 Å². The predicted octanol–water partition coefficient (Wildman–Crippen LogP) is 3.09. The molecule has 10 heteroatoms. The minimum absolute atomic E-state index is 0.0277. The summed E-state index contributed by atoms with van der Waals surface area (Å²) in [6.45, 7) is 4.95.